The highest BCUT2D eigenvalue weighted by Crippen LogP contribution is 2.10. The Morgan fingerprint density at radius 3 is 1.41 bits per heavy atom. The van der Waals surface area contributed by atoms with Crippen molar-refractivity contribution in [2.75, 3.05) is 13.2 Å². The van der Waals surface area contributed by atoms with Gasteiger partial charge in [0.2, 0.25) is 0 Å². The van der Waals surface area contributed by atoms with E-state index in [0.717, 1.165) is 51.7 Å². The maximum atomic E-state index is 5.80. The fourth-order valence-corrected chi connectivity index (χ4v) is 1.39. The van der Waals surface area contributed by atoms with Crippen LogP contribution in [0.25, 0.3) is 0 Å². The van der Waals surface area contributed by atoms with Gasteiger partial charge in [-0.15, -0.1) is 0 Å². The lowest BCUT2D eigenvalue weighted by Crippen LogP contribution is -2.26. The number of rotatable bonds is 12. The highest BCUT2D eigenvalue weighted by atomic mass is 16.8. The minimum atomic E-state index is -0.117. The molecule has 3 nitrogen and oxygen atoms in total. The second kappa shape index (κ2) is 12.3. The minimum absolute atomic E-state index is 0.117. The minimum Gasteiger partial charge on any atom is -0.353 e. The van der Waals surface area contributed by atoms with Crippen LogP contribution in [0.2, 0.25) is 0 Å². The molecule has 0 fully saturated rings. The smallest absolute Gasteiger partial charge is 0.160 e. The van der Waals surface area contributed by atoms with E-state index in [1.807, 2.05) is 0 Å². The Hall–Kier alpha value is -0.120. The van der Waals surface area contributed by atoms with E-state index in [-0.39, 0.29) is 12.6 Å². The topological polar surface area (TPSA) is 27.7 Å². The molecule has 0 bridgehead atoms. The second-order valence-corrected chi connectivity index (χ2v) is 4.26. The molecule has 0 aromatic rings. The van der Waals surface area contributed by atoms with Crippen molar-refractivity contribution in [2.45, 2.75) is 78.8 Å². The molecule has 0 aliphatic carbocycles. The van der Waals surface area contributed by atoms with Crippen molar-refractivity contribution in [1.82, 2.24) is 0 Å². The predicted molar refractivity (Wildman–Crippen MR) is 71.0 cm³/mol. The summed E-state index contributed by atoms with van der Waals surface area (Å²) in [7, 11) is 0. The van der Waals surface area contributed by atoms with Crippen LogP contribution in [0.1, 0.15) is 66.2 Å². The van der Waals surface area contributed by atoms with Crippen molar-refractivity contribution >= 4 is 0 Å². The number of unbranched alkanes of at least 4 members (excludes halogenated alkanes) is 2. The zero-order chi connectivity index (χ0) is 12.9. The maximum Gasteiger partial charge on any atom is 0.160 e. The van der Waals surface area contributed by atoms with Gasteiger partial charge < -0.3 is 14.2 Å². The third-order valence-electron chi connectivity index (χ3n) is 2.57. The van der Waals surface area contributed by atoms with E-state index < -0.39 is 0 Å². The lowest BCUT2D eigenvalue weighted by atomic mass is 10.3. The molecule has 3 heteroatoms. The summed E-state index contributed by atoms with van der Waals surface area (Å²) in [4.78, 5) is 0. The molecule has 0 N–H and O–H groups in total. The highest BCUT2D eigenvalue weighted by Gasteiger charge is 2.14. The average molecular weight is 246 g/mol. The van der Waals surface area contributed by atoms with Crippen LogP contribution in [0.3, 0.4) is 0 Å². The predicted octanol–water partition coefficient (Wildman–Crippen LogP) is 4.11. The lowest BCUT2D eigenvalue weighted by molar-refractivity contribution is -0.247. The van der Waals surface area contributed by atoms with Gasteiger partial charge in [0.05, 0.1) is 0 Å². The molecule has 17 heavy (non-hydrogen) atoms. The van der Waals surface area contributed by atoms with Gasteiger partial charge in [0.25, 0.3) is 0 Å². The molecule has 0 aliphatic rings. The maximum absolute atomic E-state index is 5.80. The third kappa shape index (κ3) is 9.57. The van der Waals surface area contributed by atoms with Crippen molar-refractivity contribution in [2.24, 2.45) is 0 Å². The monoisotopic (exact) mass is 246 g/mol. The molecule has 0 radical (unpaired) electrons. The Bertz CT molecular complexity index is 134. The van der Waals surface area contributed by atoms with Crippen LogP contribution >= 0.6 is 0 Å². The molecule has 0 spiro atoms. The molecular weight excluding hydrogens is 216 g/mol. The summed E-state index contributed by atoms with van der Waals surface area (Å²) in [6.45, 7) is 10.0. The van der Waals surface area contributed by atoms with Gasteiger partial charge >= 0.3 is 0 Å². The summed E-state index contributed by atoms with van der Waals surface area (Å²) in [6, 6.07) is 0. The average Bonchev–Trinajstić information content (AvgIpc) is 2.36. The first kappa shape index (κ1) is 16.9. The van der Waals surface area contributed by atoms with Crippen LogP contribution in [0, 0.1) is 0 Å². The van der Waals surface area contributed by atoms with Crippen molar-refractivity contribution in [3.63, 3.8) is 0 Å². The van der Waals surface area contributed by atoms with E-state index in [1.54, 1.807) is 0 Å². The Morgan fingerprint density at radius 1 is 0.706 bits per heavy atom. The first-order valence-electron chi connectivity index (χ1n) is 7.17. The zero-order valence-corrected chi connectivity index (χ0v) is 12.0. The second-order valence-electron chi connectivity index (χ2n) is 4.26. The Kier molecular flexibility index (Phi) is 12.3. The van der Waals surface area contributed by atoms with E-state index in [4.69, 9.17) is 14.2 Å². The largest absolute Gasteiger partial charge is 0.353 e. The number of ether oxygens (including phenoxy) is 3. The molecular formula is C14H30O3. The summed E-state index contributed by atoms with van der Waals surface area (Å²) in [5.41, 5.74) is 0. The van der Waals surface area contributed by atoms with Gasteiger partial charge in [0.15, 0.2) is 12.6 Å². The highest BCUT2D eigenvalue weighted by molar-refractivity contribution is 4.47. The van der Waals surface area contributed by atoms with E-state index in [0.29, 0.717) is 0 Å². The van der Waals surface area contributed by atoms with Gasteiger partial charge in [0.1, 0.15) is 0 Å². The summed E-state index contributed by atoms with van der Waals surface area (Å²) >= 11 is 0. The van der Waals surface area contributed by atoms with Gasteiger partial charge in [-0.05, 0) is 25.7 Å². The molecule has 0 heterocycles. The summed E-state index contributed by atoms with van der Waals surface area (Å²) in [5.74, 6) is 0. The van der Waals surface area contributed by atoms with Crippen LogP contribution in [-0.2, 0) is 14.2 Å². The van der Waals surface area contributed by atoms with E-state index >= 15 is 0 Å². The van der Waals surface area contributed by atoms with Crippen molar-refractivity contribution in [1.29, 1.82) is 0 Å². The van der Waals surface area contributed by atoms with Gasteiger partial charge in [-0.25, -0.2) is 0 Å². The Labute approximate surface area is 107 Å². The normalized spacial score (nSPS) is 14.8. The summed E-state index contributed by atoms with van der Waals surface area (Å²) in [5, 5.41) is 0. The Morgan fingerprint density at radius 2 is 1.12 bits per heavy atom. The molecule has 0 rings (SSSR count). The van der Waals surface area contributed by atoms with Gasteiger partial charge in [0, 0.05) is 13.2 Å². The first-order valence-corrected chi connectivity index (χ1v) is 7.17. The zero-order valence-electron chi connectivity index (χ0n) is 12.0. The van der Waals surface area contributed by atoms with Gasteiger partial charge in [-0.2, -0.15) is 0 Å². The molecule has 0 aromatic heterocycles. The van der Waals surface area contributed by atoms with Crippen LogP contribution in [-0.4, -0.2) is 25.8 Å². The van der Waals surface area contributed by atoms with Crippen molar-refractivity contribution in [3.05, 3.63) is 0 Å². The summed E-state index contributed by atoms with van der Waals surface area (Å²) < 4.78 is 17.1. The molecule has 0 aliphatic heterocycles. The fraction of sp³-hybridized carbons (Fsp3) is 1.00. The number of hydrogen-bond acceptors (Lipinski definition) is 3. The fourth-order valence-electron chi connectivity index (χ4n) is 1.39. The van der Waals surface area contributed by atoms with Crippen molar-refractivity contribution in [3.8, 4) is 0 Å². The Balaban J connectivity index is 3.77. The van der Waals surface area contributed by atoms with E-state index in [2.05, 4.69) is 27.7 Å². The molecule has 2 unspecified atom stereocenters. The quantitative estimate of drug-likeness (QED) is 0.383. The lowest BCUT2D eigenvalue weighted by Gasteiger charge is -2.23. The molecule has 2 atom stereocenters. The molecule has 0 saturated heterocycles. The van der Waals surface area contributed by atoms with Crippen LogP contribution in [0.15, 0.2) is 0 Å². The third-order valence-corrected chi connectivity index (χ3v) is 2.57. The van der Waals surface area contributed by atoms with Crippen LogP contribution in [0.5, 0.6) is 0 Å². The molecule has 0 amide bonds. The SMILES string of the molecule is CCCCOC(CC)OC(CC)OCCCC. The number of hydrogen-bond donors (Lipinski definition) is 0. The molecule has 104 valence electrons. The van der Waals surface area contributed by atoms with Crippen LogP contribution in [0.4, 0.5) is 0 Å². The van der Waals surface area contributed by atoms with Crippen LogP contribution < -0.4 is 0 Å². The van der Waals surface area contributed by atoms with E-state index in [9.17, 15) is 0 Å². The molecule has 0 aromatic carbocycles. The van der Waals surface area contributed by atoms with Crippen molar-refractivity contribution < 1.29 is 14.2 Å². The standard InChI is InChI=1S/C14H30O3/c1-5-9-11-15-13(7-3)17-14(8-4)16-12-10-6-2/h13-14H,5-12H2,1-4H3. The van der Waals surface area contributed by atoms with Gasteiger partial charge in [-0.1, -0.05) is 40.5 Å². The van der Waals surface area contributed by atoms with E-state index in [1.165, 1.54) is 0 Å². The van der Waals surface area contributed by atoms with Gasteiger partial charge in [-0.3, -0.25) is 0 Å². The molecule has 0 saturated carbocycles. The summed E-state index contributed by atoms with van der Waals surface area (Å²) in [6.07, 6.45) is 6.00. The first-order chi connectivity index (χ1) is 8.28.